The molecule has 1 heterocycles. The summed E-state index contributed by atoms with van der Waals surface area (Å²) in [7, 11) is 0. The van der Waals surface area contributed by atoms with E-state index in [4.69, 9.17) is 0 Å². The number of aliphatic hydroxyl groups is 1. The van der Waals surface area contributed by atoms with Crippen LogP contribution in [0.3, 0.4) is 0 Å². The van der Waals surface area contributed by atoms with E-state index < -0.39 is 23.7 Å². The molecule has 0 radical (unpaired) electrons. The number of carbonyl (C=O) groups excluding carboxylic acids is 2. The molecule has 0 aliphatic carbocycles. The van der Waals surface area contributed by atoms with Gasteiger partial charge in [-0.15, -0.1) is 0 Å². The average molecular weight is 466 g/mol. The third-order valence-electron chi connectivity index (χ3n) is 5.38. The van der Waals surface area contributed by atoms with Crippen LogP contribution >= 0.6 is 15.9 Å². The normalized spacial score (nSPS) is 17.8. The summed E-state index contributed by atoms with van der Waals surface area (Å²) >= 11 is 3.39. The first-order chi connectivity index (χ1) is 14.3. The Balaban J connectivity index is 1.72. The molecule has 0 aromatic heterocycles. The van der Waals surface area contributed by atoms with Crippen molar-refractivity contribution in [3.63, 3.8) is 0 Å². The van der Waals surface area contributed by atoms with Gasteiger partial charge in [-0.2, -0.15) is 0 Å². The van der Waals surface area contributed by atoms with Gasteiger partial charge in [0.05, 0.1) is 24.2 Å². The van der Waals surface area contributed by atoms with E-state index in [1.165, 1.54) is 17.0 Å². The molecule has 2 N–H and O–H groups in total. The number of benzene rings is 3. The SMILES string of the molecule is Cc1ccc(CN2C(=O)[C@](O)(CC(=O)c3ccccc3O)c3cc(Br)ccc32)cc1. The van der Waals surface area contributed by atoms with Crippen molar-refractivity contribution in [1.29, 1.82) is 0 Å². The quantitative estimate of drug-likeness (QED) is 0.544. The predicted octanol–water partition coefficient (Wildman–Crippen LogP) is 4.47. The van der Waals surface area contributed by atoms with Crippen LogP contribution in [-0.2, 0) is 16.9 Å². The number of amides is 1. The fraction of sp³-hybridized carbons (Fsp3) is 0.167. The van der Waals surface area contributed by atoms with Gasteiger partial charge in [-0.05, 0) is 42.8 Å². The maximum absolute atomic E-state index is 13.4. The van der Waals surface area contributed by atoms with Crippen LogP contribution in [0.25, 0.3) is 0 Å². The molecular weight excluding hydrogens is 446 g/mol. The summed E-state index contributed by atoms with van der Waals surface area (Å²) in [4.78, 5) is 27.7. The molecule has 0 saturated heterocycles. The molecule has 0 fully saturated rings. The van der Waals surface area contributed by atoms with Crippen molar-refractivity contribution in [1.82, 2.24) is 0 Å². The van der Waals surface area contributed by atoms with Crippen LogP contribution < -0.4 is 4.90 Å². The lowest BCUT2D eigenvalue weighted by Crippen LogP contribution is -2.41. The molecule has 6 heteroatoms. The third kappa shape index (κ3) is 3.53. The van der Waals surface area contributed by atoms with Gasteiger partial charge in [0.1, 0.15) is 5.75 Å². The predicted molar refractivity (Wildman–Crippen MR) is 117 cm³/mol. The number of halogens is 1. The van der Waals surface area contributed by atoms with Crippen molar-refractivity contribution in [3.05, 3.63) is 93.5 Å². The summed E-state index contributed by atoms with van der Waals surface area (Å²) in [5, 5.41) is 21.4. The molecule has 152 valence electrons. The van der Waals surface area contributed by atoms with Crippen molar-refractivity contribution in [3.8, 4) is 5.75 Å². The third-order valence-corrected chi connectivity index (χ3v) is 5.87. The topological polar surface area (TPSA) is 77.8 Å². The number of hydrogen-bond donors (Lipinski definition) is 2. The maximum Gasteiger partial charge on any atom is 0.264 e. The van der Waals surface area contributed by atoms with E-state index in [-0.39, 0.29) is 17.9 Å². The number of fused-ring (bicyclic) bond motifs is 1. The minimum atomic E-state index is -2.01. The molecule has 1 amide bonds. The zero-order chi connectivity index (χ0) is 21.5. The molecule has 1 aliphatic rings. The van der Waals surface area contributed by atoms with Gasteiger partial charge in [0, 0.05) is 10.0 Å². The summed E-state index contributed by atoms with van der Waals surface area (Å²) < 4.78 is 0.694. The lowest BCUT2D eigenvalue weighted by molar-refractivity contribution is -0.136. The summed E-state index contributed by atoms with van der Waals surface area (Å²) in [5.74, 6) is -1.24. The van der Waals surface area contributed by atoms with E-state index in [2.05, 4.69) is 15.9 Å². The van der Waals surface area contributed by atoms with Gasteiger partial charge in [-0.3, -0.25) is 9.59 Å². The standard InChI is InChI=1S/C24H20BrNO4/c1-15-6-8-16(9-7-15)14-26-20-11-10-17(25)12-19(20)24(30,23(26)29)13-22(28)18-4-2-3-5-21(18)27/h2-12,27,30H,13-14H2,1H3/t24-/m0/s1. The molecule has 0 spiro atoms. The van der Waals surface area contributed by atoms with Crippen molar-refractivity contribution in [2.24, 2.45) is 0 Å². The fourth-order valence-corrected chi connectivity index (χ4v) is 4.12. The van der Waals surface area contributed by atoms with Gasteiger partial charge in [-0.1, -0.05) is 57.9 Å². The molecule has 30 heavy (non-hydrogen) atoms. The lowest BCUT2D eigenvalue weighted by Gasteiger charge is -2.23. The molecule has 0 bridgehead atoms. The Labute approximate surface area is 182 Å². The number of Topliss-reactive ketones (excluding diaryl/α,β-unsaturated/α-hetero) is 1. The van der Waals surface area contributed by atoms with Crippen molar-refractivity contribution < 1.29 is 19.8 Å². The molecule has 3 aromatic carbocycles. The van der Waals surface area contributed by atoms with E-state index in [9.17, 15) is 19.8 Å². The van der Waals surface area contributed by atoms with E-state index in [1.807, 2.05) is 31.2 Å². The molecule has 5 nitrogen and oxygen atoms in total. The summed E-state index contributed by atoms with van der Waals surface area (Å²) in [6, 6.07) is 19.1. The van der Waals surface area contributed by atoms with Crippen LogP contribution in [0.2, 0.25) is 0 Å². The largest absolute Gasteiger partial charge is 0.507 e. The number of ketones is 1. The van der Waals surface area contributed by atoms with Crippen LogP contribution in [0.1, 0.15) is 33.5 Å². The number of hydrogen-bond acceptors (Lipinski definition) is 4. The van der Waals surface area contributed by atoms with E-state index in [1.54, 1.807) is 30.3 Å². The van der Waals surface area contributed by atoms with Crippen LogP contribution in [0.4, 0.5) is 5.69 Å². The first-order valence-electron chi connectivity index (χ1n) is 9.51. The van der Waals surface area contributed by atoms with Crippen LogP contribution in [0.5, 0.6) is 5.75 Å². The fourth-order valence-electron chi connectivity index (χ4n) is 3.76. The minimum Gasteiger partial charge on any atom is -0.507 e. The van der Waals surface area contributed by atoms with Gasteiger partial charge >= 0.3 is 0 Å². The highest BCUT2D eigenvalue weighted by atomic mass is 79.9. The summed E-state index contributed by atoms with van der Waals surface area (Å²) in [6.45, 7) is 2.27. The highest BCUT2D eigenvalue weighted by molar-refractivity contribution is 9.10. The minimum absolute atomic E-state index is 0.0762. The van der Waals surface area contributed by atoms with Gasteiger partial charge < -0.3 is 15.1 Å². The number of aryl methyl sites for hydroxylation is 1. The molecule has 1 atom stereocenters. The Hall–Kier alpha value is -2.96. The zero-order valence-electron chi connectivity index (χ0n) is 16.3. The molecular formula is C24H20BrNO4. The van der Waals surface area contributed by atoms with Crippen LogP contribution in [0.15, 0.2) is 71.2 Å². The first kappa shape index (κ1) is 20.3. The first-order valence-corrected chi connectivity index (χ1v) is 10.3. The molecule has 3 aromatic rings. The Bertz CT molecular complexity index is 1140. The number of para-hydroxylation sites is 1. The zero-order valence-corrected chi connectivity index (χ0v) is 17.9. The Morgan fingerprint density at radius 1 is 1.07 bits per heavy atom. The second-order valence-corrected chi connectivity index (χ2v) is 8.43. The van der Waals surface area contributed by atoms with E-state index in [0.717, 1.165) is 11.1 Å². The molecule has 1 aliphatic heterocycles. The van der Waals surface area contributed by atoms with Gasteiger partial charge in [0.2, 0.25) is 0 Å². The van der Waals surface area contributed by atoms with Crippen LogP contribution in [-0.4, -0.2) is 21.9 Å². The van der Waals surface area contributed by atoms with Crippen molar-refractivity contribution in [2.45, 2.75) is 25.5 Å². The molecule has 4 rings (SSSR count). The van der Waals surface area contributed by atoms with Gasteiger partial charge in [0.15, 0.2) is 11.4 Å². The van der Waals surface area contributed by atoms with Gasteiger partial charge in [0.25, 0.3) is 5.91 Å². The average Bonchev–Trinajstić information content (AvgIpc) is 2.91. The van der Waals surface area contributed by atoms with E-state index in [0.29, 0.717) is 15.7 Å². The van der Waals surface area contributed by atoms with Crippen molar-refractivity contribution in [2.75, 3.05) is 4.90 Å². The number of rotatable bonds is 5. The summed E-state index contributed by atoms with van der Waals surface area (Å²) in [5.41, 5.74) is 1.03. The smallest absolute Gasteiger partial charge is 0.264 e. The second kappa shape index (κ2) is 7.70. The Morgan fingerprint density at radius 3 is 2.47 bits per heavy atom. The maximum atomic E-state index is 13.4. The number of aromatic hydroxyl groups is 1. The van der Waals surface area contributed by atoms with Crippen LogP contribution in [0, 0.1) is 6.92 Å². The summed E-state index contributed by atoms with van der Waals surface area (Å²) in [6.07, 6.45) is -0.461. The number of nitrogens with zero attached hydrogens (tertiary/aromatic N) is 1. The monoisotopic (exact) mass is 465 g/mol. The Kier molecular flexibility index (Phi) is 5.22. The number of anilines is 1. The highest BCUT2D eigenvalue weighted by Crippen LogP contribution is 2.45. The number of phenolic OH excluding ortho intramolecular Hbond substituents is 1. The number of carbonyl (C=O) groups is 2. The molecule has 0 saturated carbocycles. The molecule has 0 unspecified atom stereocenters. The highest BCUT2D eigenvalue weighted by Gasteiger charge is 2.51. The van der Waals surface area contributed by atoms with Crippen molar-refractivity contribution >= 4 is 33.3 Å². The second-order valence-electron chi connectivity index (χ2n) is 7.52. The Morgan fingerprint density at radius 2 is 1.77 bits per heavy atom. The number of phenols is 1. The van der Waals surface area contributed by atoms with Gasteiger partial charge in [-0.25, -0.2) is 0 Å². The lowest BCUT2D eigenvalue weighted by atomic mass is 9.88. The van der Waals surface area contributed by atoms with E-state index >= 15 is 0 Å².